The minimum atomic E-state index is -0.00600. The molecule has 0 N–H and O–H groups in total. The van der Waals surface area contributed by atoms with Crippen LogP contribution < -0.4 is 4.74 Å². The molecule has 6 rings (SSSR count). The van der Waals surface area contributed by atoms with Crippen molar-refractivity contribution in [3.05, 3.63) is 138 Å². The Morgan fingerprint density at radius 2 is 0.820 bits per heavy atom. The number of ether oxygens (including phenoxy) is 1. The van der Waals surface area contributed by atoms with Crippen molar-refractivity contribution < 1.29 is 28.1 Å². The maximum atomic E-state index is 6.13. The fourth-order valence-corrected chi connectivity index (χ4v) is 7.69. The van der Waals surface area contributed by atoms with E-state index in [1.165, 1.54) is 112 Å². The van der Waals surface area contributed by atoms with Gasteiger partial charge in [0.25, 0.3) is 0 Å². The summed E-state index contributed by atoms with van der Waals surface area (Å²) in [4.78, 5) is 0. The first kappa shape index (κ1) is 58.6. The molecule has 0 atom stereocenters. The third-order valence-electron chi connectivity index (χ3n) is 11.2. The summed E-state index contributed by atoms with van der Waals surface area (Å²) >= 11 is 1.36. The summed E-state index contributed by atoms with van der Waals surface area (Å²) < 4.78 is 6.13. The van der Waals surface area contributed by atoms with Crippen LogP contribution in [0.15, 0.2) is 78.9 Å². The van der Waals surface area contributed by atoms with E-state index in [1.54, 1.807) is 0 Å². The Balaban J connectivity index is 0.00000108. The minimum absolute atomic E-state index is 0. The van der Waals surface area contributed by atoms with Crippen LogP contribution >= 0.6 is 24.8 Å². The van der Waals surface area contributed by atoms with Gasteiger partial charge in [-0.25, -0.2) is 0 Å². The molecule has 0 heterocycles. The van der Waals surface area contributed by atoms with E-state index in [4.69, 9.17) is 4.74 Å². The molecule has 0 bridgehead atoms. The van der Waals surface area contributed by atoms with E-state index in [1.807, 2.05) is 7.11 Å². The monoisotopic (exact) mass is 954 g/mol. The molecule has 61 heavy (non-hydrogen) atoms. The molecule has 0 saturated carbocycles. The molecule has 0 aliphatic carbocycles. The van der Waals surface area contributed by atoms with Crippen molar-refractivity contribution in [1.82, 2.24) is 0 Å². The fourth-order valence-electron chi connectivity index (χ4n) is 7.69. The second-order valence-corrected chi connectivity index (χ2v) is 21.6. The normalized spacial score (nSPS) is 11.8. The zero-order valence-electron chi connectivity index (χ0n) is 41.7. The van der Waals surface area contributed by atoms with Gasteiger partial charge >= 0.3 is 30.2 Å². The molecule has 0 saturated heterocycles. The first-order chi connectivity index (χ1) is 26.1. The molecule has 0 aliphatic heterocycles. The zero-order chi connectivity index (χ0) is 43.2. The molecule has 2 radical (unpaired) electrons. The quantitative estimate of drug-likeness (QED) is 0.127. The van der Waals surface area contributed by atoms with E-state index in [2.05, 4.69) is 210 Å². The summed E-state index contributed by atoms with van der Waals surface area (Å²) in [5, 5.41) is 5.30. The van der Waals surface area contributed by atoms with Crippen LogP contribution in [-0.4, -0.2) is 14.0 Å². The van der Waals surface area contributed by atoms with E-state index < -0.39 is 0 Å². The average Bonchev–Trinajstić information content (AvgIpc) is 3.66. The molecule has 0 amide bonds. The Morgan fingerprint density at radius 1 is 0.459 bits per heavy atom. The van der Waals surface area contributed by atoms with Gasteiger partial charge < -0.3 is 19.6 Å². The van der Waals surface area contributed by atoms with Crippen molar-refractivity contribution in [3.63, 3.8) is 0 Å². The molecule has 6 aromatic rings. The second-order valence-electron chi connectivity index (χ2n) is 21.6. The van der Waals surface area contributed by atoms with Gasteiger partial charge in [-0.15, -0.1) is 81.8 Å². The number of halogens is 2. The summed E-state index contributed by atoms with van der Waals surface area (Å²) in [6, 6.07) is 30.5. The number of methoxy groups -OCH3 is 1. The van der Waals surface area contributed by atoms with E-state index in [-0.39, 0.29) is 66.7 Å². The van der Waals surface area contributed by atoms with Gasteiger partial charge in [-0.05, 0) is 78.5 Å². The van der Waals surface area contributed by atoms with Gasteiger partial charge in [-0.2, -0.15) is 12.1 Å². The van der Waals surface area contributed by atoms with Gasteiger partial charge in [0.05, 0.1) is 7.11 Å². The van der Waals surface area contributed by atoms with Crippen molar-refractivity contribution in [3.8, 4) is 28.0 Å². The Hall–Kier alpha value is -2.42. The van der Waals surface area contributed by atoms with Crippen molar-refractivity contribution in [1.29, 1.82) is 0 Å². The summed E-state index contributed by atoms with van der Waals surface area (Å²) in [7, 11) is 1.81. The van der Waals surface area contributed by atoms with Gasteiger partial charge in [-0.1, -0.05) is 171 Å². The van der Waals surface area contributed by atoms with Gasteiger partial charge in [-0.3, -0.25) is 0 Å². The van der Waals surface area contributed by atoms with Crippen LogP contribution in [0.25, 0.3) is 43.8 Å². The molecule has 0 spiro atoms. The number of benzene rings is 4. The molecular weight excluding hydrogens is 879 g/mol. The van der Waals surface area contributed by atoms with Gasteiger partial charge in [0, 0.05) is 0 Å². The predicted molar refractivity (Wildman–Crippen MR) is 277 cm³/mol. The fraction of sp³-hybridized carbons (Fsp3) is 0.429. The van der Waals surface area contributed by atoms with Crippen LogP contribution in [0.5, 0.6) is 5.75 Å². The standard InChI is InChI=1S/C29H39O.C25H31.2CH3.2ClH.Si.Zr/c1-18-12-19-16-24(29(8,9)10)26(30-11)25(23(19)13-18)20-14-21(27(2,3)4)17-22(15-20)28(5,6)7;1-16-9-18-10-17(2)12-23(22(18)11-16)19-13-20(24(3,4)5)15-21(14-19)25(6,7)8;;;;;;/h12-17H,1-11H3;9-15H,1-8H3;2*1H3;2*1H;;/q4*-1;;;;. The number of hydrogen-bond donors (Lipinski definition) is 0. The Morgan fingerprint density at radius 3 is 1.18 bits per heavy atom. The van der Waals surface area contributed by atoms with Gasteiger partial charge in [0.15, 0.2) is 0 Å². The first-order valence-electron chi connectivity index (χ1n) is 20.6. The zero-order valence-corrected chi connectivity index (χ0v) is 46.8. The van der Waals surface area contributed by atoms with Crippen LogP contribution in [0.2, 0.25) is 0 Å². The molecule has 0 unspecified atom stereocenters. The van der Waals surface area contributed by atoms with Crippen LogP contribution in [-0.2, 0) is 50.4 Å². The number of hydrogen-bond acceptors (Lipinski definition) is 1. The molecule has 1 nitrogen and oxygen atoms in total. The molecule has 334 valence electrons. The Kier molecular flexibility index (Phi) is 20.7. The average molecular weight is 957 g/mol. The van der Waals surface area contributed by atoms with E-state index in [9.17, 15) is 0 Å². The molecule has 0 aliphatic rings. The third kappa shape index (κ3) is 13.8. The SMILES string of the molecule is COc1c(C(C)(C)C)cc2[cH-]c(C)cc2c1-c1cc(C(C)(C)C)cc(C(C)(C)C)c1.Cc1cc(-c2cc(C(C)(C)C)cc(C(C)(C)C)c2)c2cc(C)[cH-]c2c1.Cl.Cl.[CH3-].[CH3-].[Si]=[Zr]. The third-order valence-corrected chi connectivity index (χ3v) is 11.2. The van der Waals surface area contributed by atoms with E-state index in [0.29, 0.717) is 0 Å². The predicted octanol–water partition coefficient (Wildman–Crippen LogP) is 17.2. The van der Waals surface area contributed by atoms with Crippen molar-refractivity contribution >= 4 is 53.2 Å². The Bertz CT molecular complexity index is 2310. The molecular formula is C56H78Cl2OSiZr-4. The molecule has 6 aromatic carbocycles. The first-order valence-corrected chi connectivity index (χ1v) is 24.8. The summed E-state index contributed by atoms with van der Waals surface area (Å²) in [5.74, 6) is 1.01. The summed E-state index contributed by atoms with van der Waals surface area (Å²) in [6.45, 7) is 44.0. The molecule has 0 fully saturated rings. The van der Waals surface area contributed by atoms with Gasteiger partial charge in [0.1, 0.15) is 5.75 Å². The van der Waals surface area contributed by atoms with Crippen LogP contribution in [0.3, 0.4) is 0 Å². The van der Waals surface area contributed by atoms with E-state index in [0.717, 1.165) is 5.75 Å². The summed E-state index contributed by atoms with van der Waals surface area (Å²) in [6.07, 6.45) is 0. The van der Waals surface area contributed by atoms with E-state index >= 15 is 0 Å². The topological polar surface area (TPSA) is 9.23 Å². The van der Waals surface area contributed by atoms with Crippen molar-refractivity contribution in [2.24, 2.45) is 0 Å². The molecule has 5 heteroatoms. The van der Waals surface area contributed by atoms with Crippen molar-refractivity contribution in [2.75, 3.05) is 7.11 Å². The number of aryl methyl sites for hydroxylation is 3. The summed E-state index contributed by atoms with van der Waals surface area (Å²) in [5.41, 5.74) is 16.4. The number of rotatable bonds is 3. The van der Waals surface area contributed by atoms with Crippen LogP contribution in [0.1, 0.15) is 148 Å². The molecule has 0 aromatic heterocycles. The van der Waals surface area contributed by atoms with Crippen LogP contribution in [0, 0.1) is 35.6 Å². The van der Waals surface area contributed by atoms with Gasteiger partial charge in [0.2, 0.25) is 0 Å². The van der Waals surface area contributed by atoms with Crippen molar-refractivity contribution in [2.45, 2.75) is 152 Å². The van der Waals surface area contributed by atoms with Crippen LogP contribution in [0.4, 0.5) is 0 Å². The maximum absolute atomic E-state index is 6.13. The second kappa shape index (κ2) is 21.5. The number of fused-ring (bicyclic) bond motifs is 2. The Labute approximate surface area is 403 Å².